The first-order valence-corrected chi connectivity index (χ1v) is 7.86. The average Bonchev–Trinajstić information content (AvgIpc) is 2.83. The zero-order chi connectivity index (χ0) is 15.2. The Morgan fingerprint density at radius 3 is 2.81 bits per heavy atom. The van der Waals surface area contributed by atoms with Crippen molar-refractivity contribution in [2.24, 2.45) is 0 Å². The molecule has 4 nitrogen and oxygen atoms in total. The molecule has 1 aromatic heterocycles. The number of aromatic nitrogens is 2. The van der Waals surface area contributed by atoms with Crippen LogP contribution in [0, 0.1) is 0 Å². The fourth-order valence-corrected chi connectivity index (χ4v) is 2.59. The van der Waals surface area contributed by atoms with Gasteiger partial charge in [-0.2, -0.15) is 0 Å². The molecule has 0 saturated carbocycles. The van der Waals surface area contributed by atoms with Gasteiger partial charge in [-0.25, -0.2) is 4.98 Å². The van der Waals surface area contributed by atoms with Crippen molar-refractivity contribution in [3.8, 4) is 0 Å². The van der Waals surface area contributed by atoms with Crippen LogP contribution in [-0.4, -0.2) is 22.0 Å². The molecule has 0 radical (unpaired) electrons. The molecule has 0 fully saturated rings. The smallest absolute Gasteiger partial charge is 0.220 e. The number of carbonyl (C=O) groups excluding carboxylic acids is 1. The molecule has 4 heteroatoms. The predicted molar refractivity (Wildman–Crippen MR) is 86.4 cm³/mol. The highest BCUT2D eigenvalue weighted by Gasteiger charge is 2.12. The molecule has 0 aliphatic rings. The van der Waals surface area contributed by atoms with E-state index in [1.165, 1.54) is 5.52 Å². The molecule has 1 N–H and O–H groups in total. The van der Waals surface area contributed by atoms with E-state index in [1.807, 2.05) is 18.2 Å². The van der Waals surface area contributed by atoms with E-state index < -0.39 is 0 Å². The van der Waals surface area contributed by atoms with Crippen LogP contribution in [0.3, 0.4) is 0 Å². The number of rotatable bonds is 7. The van der Waals surface area contributed by atoms with Crippen LogP contribution in [0.1, 0.15) is 51.9 Å². The summed E-state index contributed by atoms with van der Waals surface area (Å²) in [6.07, 6.45) is 3.40. The Hall–Kier alpha value is -1.84. The number of nitrogens with zero attached hydrogens (tertiary/aromatic N) is 2. The zero-order valence-corrected chi connectivity index (χ0v) is 13.2. The summed E-state index contributed by atoms with van der Waals surface area (Å²) >= 11 is 0. The number of fused-ring (bicyclic) bond motifs is 1. The van der Waals surface area contributed by atoms with Crippen molar-refractivity contribution in [2.75, 3.05) is 6.54 Å². The van der Waals surface area contributed by atoms with Gasteiger partial charge in [-0.05, 0) is 32.4 Å². The van der Waals surface area contributed by atoms with Crippen LogP contribution in [0.4, 0.5) is 0 Å². The molecule has 1 amide bonds. The number of carbonyl (C=O) groups is 1. The number of nitrogens with one attached hydrogen (secondary N) is 1. The lowest BCUT2D eigenvalue weighted by molar-refractivity contribution is -0.121. The van der Waals surface area contributed by atoms with Gasteiger partial charge < -0.3 is 9.88 Å². The lowest BCUT2D eigenvalue weighted by Gasteiger charge is -2.13. The Bertz CT molecular complexity index is 601. The van der Waals surface area contributed by atoms with Crippen molar-refractivity contribution in [3.63, 3.8) is 0 Å². The number of hydrogen-bond acceptors (Lipinski definition) is 2. The SMILES string of the molecule is CCCCC(=O)NCCc1nc2ccccc2n1C(C)C. The molecule has 0 aliphatic carbocycles. The summed E-state index contributed by atoms with van der Waals surface area (Å²) in [6.45, 7) is 7.08. The fourth-order valence-electron chi connectivity index (χ4n) is 2.59. The maximum absolute atomic E-state index is 11.6. The lowest BCUT2D eigenvalue weighted by Crippen LogP contribution is -2.26. The van der Waals surface area contributed by atoms with Gasteiger partial charge >= 0.3 is 0 Å². The monoisotopic (exact) mass is 287 g/mol. The lowest BCUT2D eigenvalue weighted by atomic mass is 10.2. The molecular formula is C17H25N3O. The molecule has 0 spiro atoms. The summed E-state index contributed by atoms with van der Waals surface area (Å²) in [5, 5.41) is 2.98. The van der Waals surface area contributed by atoms with Gasteiger partial charge in [0.25, 0.3) is 0 Å². The van der Waals surface area contributed by atoms with Gasteiger partial charge in [0.15, 0.2) is 0 Å². The number of imidazole rings is 1. The van der Waals surface area contributed by atoms with Gasteiger partial charge in [0.2, 0.25) is 5.91 Å². The molecule has 0 aliphatic heterocycles. The van der Waals surface area contributed by atoms with Gasteiger partial charge in [-0.3, -0.25) is 4.79 Å². The Morgan fingerprint density at radius 1 is 1.33 bits per heavy atom. The van der Waals surface area contributed by atoms with E-state index in [-0.39, 0.29) is 5.91 Å². The molecule has 1 heterocycles. The summed E-state index contributed by atoms with van der Waals surface area (Å²) in [7, 11) is 0. The number of unbranched alkanes of at least 4 members (excludes halogenated alkanes) is 1. The number of hydrogen-bond donors (Lipinski definition) is 1. The molecule has 21 heavy (non-hydrogen) atoms. The zero-order valence-electron chi connectivity index (χ0n) is 13.2. The second-order valence-corrected chi connectivity index (χ2v) is 5.68. The molecule has 0 bridgehead atoms. The van der Waals surface area contributed by atoms with Gasteiger partial charge in [0.05, 0.1) is 11.0 Å². The first kappa shape index (κ1) is 15.5. The molecule has 1 aromatic carbocycles. The molecule has 0 atom stereocenters. The highest BCUT2D eigenvalue weighted by Crippen LogP contribution is 2.20. The van der Waals surface area contributed by atoms with Crippen molar-refractivity contribution < 1.29 is 4.79 Å². The van der Waals surface area contributed by atoms with Crippen LogP contribution in [0.2, 0.25) is 0 Å². The van der Waals surface area contributed by atoms with Crippen LogP contribution in [0.15, 0.2) is 24.3 Å². The quantitative estimate of drug-likeness (QED) is 0.847. The molecule has 114 valence electrons. The van der Waals surface area contributed by atoms with E-state index in [9.17, 15) is 4.79 Å². The Kier molecular flexibility index (Phi) is 5.37. The van der Waals surface area contributed by atoms with Gasteiger partial charge in [-0.1, -0.05) is 25.5 Å². The summed E-state index contributed by atoms with van der Waals surface area (Å²) in [6, 6.07) is 8.56. The van der Waals surface area contributed by atoms with Crippen molar-refractivity contribution >= 4 is 16.9 Å². The van der Waals surface area contributed by atoms with E-state index in [1.54, 1.807) is 0 Å². The van der Waals surface area contributed by atoms with Gasteiger partial charge in [-0.15, -0.1) is 0 Å². The van der Waals surface area contributed by atoms with Crippen molar-refractivity contribution in [2.45, 2.75) is 52.5 Å². The first-order chi connectivity index (χ1) is 10.1. The molecule has 0 unspecified atom stereocenters. The van der Waals surface area contributed by atoms with Gasteiger partial charge in [0, 0.05) is 25.4 Å². The molecule has 2 aromatic rings. The Balaban J connectivity index is 2.04. The highest BCUT2D eigenvalue weighted by atomic mass is 16.1. The van der Waals surface area contributed by atoms with E-state index >= 15 is 0 Å². The van der Waals surface area contributed by atoms with Crippen LogP contribution < -0.4 is 5.32 Å². The number of benzene rings is 1. The van der Waals surface area contributed by atoms with Gasteiger partial charge in [0.1, 0.15) is 5.82 Å². The third-order valence-electron chi connectivity index (χ3n) is 3.61. The third kappa shape index (κ3) is 3.84. The van der Waals surface area contributed by atoms with Crippen molar-refractivity contribution in [1.82, 2.24) is 14.9 Å². The Labute approximate surface area is 126 Å². The van der Waals surface area contributed by atoms with Crippen LogP contribution in [0.25, 0.3) is 11.0 Å². The standard InChI is InChI=1S/C17H25N3O/c1-4-5-10-17(21)18-12-11-16-19-14-8-6-7-9-15(14)20(16)13(2)3/h6-9,13H,4-5,10-12H2,1-3H3,(H,18,21). The minimum absolute atomic E-state index is 0.143. The van der Waals surface area contributed by atoms with Crippen molar-refractivity contribution in [1.29, 1.82) is 0 Å². The second-order valence-electron chi connectivity index (χ2n) is 5.68. The number of para-hydroxylation sites is 2. The van der Waals surface area contributed by atoms with E-state index in [4.69, 9.17) is 4.98 Å². The minimum atomic E-state index is 0.143. The summed E-state index contributed by atoms with van der Waals surface area (Å²) in [4.78, 5) is 16.3. The largest absolute Gasteiger partial charge is 0.356 e. The second kappa shape index (κ2) is 7.25. The average molecular weight is 287 g/mol. The van der Waals surface area contributed by atoms with Crippen LogP contribution in [-0.2, 0) is 11.2 Å². The fraction of sp³-hybridized carbons (Fsp3) is 0.529. The topological polar surface area (TPSA) is 46.9 Å². The molecule has 0 saturated heterocycles. The number of amides is 1. The molecular weight excluding hydrogens is 262 g/mol. The van der Waals surface area contributed by atoms with Crippen molar-refractivity contribution in [3.05, 3.63) is 30.1 Å². The maximum Gasteiger partial charge on any atom is 0.220 e. The summed E-state index contributed by atoms with van der Waals surface area (Å²) in [5.74, 6) is 1.19. The van der Waals surface area contributed by atoms with E-state index in [0.717, 1.165) is 30.6 Å². The van der Waals surface area contributed by atoms with Crippen LogP contribution >= 0.6 is 0 Å². The summed E-state index contributed by atoms with van der Waals surface area (Å²) in [5.41, 5.74) is 2.19. The summed E-state index contributed by atoms with van der Waals surface area (Å²) < 4.78 is 2.26. The van der Waals surface area contributed by atoms with E-state index in [2.05, 4.69) is 36.7 Å². The van der Waals surface area contributed by atoms with Crippen LogP contribution in [0.5, 0.6) is 0 Å². The maximum atomic E-state index is 11.6. The normalized spacial score (nSPS) is 11.2. The molecule has 2 rings (SSSR count). The minimum Gasteiger partial charge on any atom is -0.356 e. The third-order valence-corrected chi connectivity index (χ3v) is 3.61. The Morgan fingerprint density at radius 2 is 2.10 bits per heavy atom. The van der Waals surface area contributed by atoms with E-state index in [0.29, 0.717) is 19.0 Å². The first-order valence-electron chi connectivity index (χ1n) is 7.86. The predicted octanol–water partition coefficient (Wildman–Crippen LogP) is 3.47. The highest BCUT2D eigenvalue weighted by molar-refractivity contribution is 5.76.